The Morgan fingerprint density at radius 1 is 1.24 bits per heavy atom. The minimum absolute atomic E-state index is 0.0342. The van der Waals surface area contributed by atoms with Gasteiger partial charge in [-0.25, -0.2) is 14.3 Å². The smallest absolute Gasteiger partial charge is 0.326 e. The van der Waals surface area contributed by atoms with Gasteiger partial charge in [-0.2, -0.15) is 5.10 Å². The van der Waals surface area contributed by atoms with Gasteiger partial charge in [0.15, 0.2) is 11.4 Å². The summed E-state index contributed by atoms with van der Waals surface area (Å²) in [6.07, 6.45) is 7.52. The third-order valence-electron chi connectivity index (χ3n) is 7.41. The molecule has 0 radical (unpaired) electrons. The van der Waals surface area contributed by atoms with Crippen LogP contribution in [-0.2, 0) is 11.2 Å². The molecule has 3 aromatic heterocycles. The van der Waals surface area contributed by atoms with E-state index in [1.54, 1.807) is 11.6 Å². The quantitative estimate of drug-likeness (QED) is 0.490. The average Bonchev–Trinajstić information content (AvgIpc) is 3.62. The number of aromatic amines is 1. The highest BCUT2D eigenvalue weighted by Crippen LogP contribution is 2.33. The number of fused-ring (bicyclic) bond motifs is 2. The van der Waals surface area contributed by atoms with Crippen LogP contribution in [0.2, 0.25) is 0 Å². The molecule has 178 valence electrons. The van der Waals surface area contributed by atoms with Crippen molar-refractivity contribution in [3.63, 3.8) is 0 Å². The van der Waals surface area contributed by atoms with E-state index in [0.717, 1.165) is 74.1 Å². The Morgan fingerprint density at radius 2 is 2.15 bits per heavy atom. The van der Waals surface area contributed by atoms with Crippen molar-refractivity contribution in [2.75, 3.05) is 33.4 Å². The molecule has 1 N–H and O–H groups in total. The van der Waals surface area contributed by atoms with Crippen molar-refractivity contribution in [1.29, 1.82) is 0 Å². The molecule has 4 aromatic rings. The lowest BCUT2D eigenvalue weighted by Crippen LogP contribution is -2.45. The number of aromatic nitrogens is 5. The molecular weight excluding hydrogens is 432 g/mol. The fourth-order valence-electron chi connectivity index (χ4n) is 5.67. The second-order valence-corrected chi connectivity index (χ2v) is 9.31. The largest absolute Gasteiger partial charge is 0.493 e. The van der Waals surface area contributed by atoms with Crippen molar-refractivity contribution >= 4 is 16.7 Å². The highest BCUT2D eigenvalue weighted by molar-refractivity contribution is 5.85. The predicted octanol–water partition coefficient (Wildman–Crippen LogP) is 3.04. The lowest BCUT2D eigenvalue weighted by Gasteiger charge is -2.36. The number of methoxy groups -OCH3 is 1. The number of H-pyrrole nitrogens is 1. The molecule has 0 amide bonds. The van der Waals surface area contributed by atoms with Crippen molar-refractivity contribution in [1.82, 2.24) is 29.0 Å². The number of nitrogens with zero attached hydrogens (tertiary/aromatic N) is 5. The van der Waals surface area contributed by atoms with Crippen molar-refractivity contribution < 1.29 is 9.47 Å². The molecule has 0 saturated carbocycles. The van der Waals surface area contributed by atoms with Crippen LogP contribution in [0.3, 0.4) is 0 Å². The van der Waals surface area contributed by atoms with Crippen molar-refractivity contribution in [2.24, 2.45) is 0 Å². The van der Waals surface area contributed by atoms with E-state index in [4.69, 9.17) is 9.47 Å². The molecular formula is C25H30N6O3. The summed E-state index contributed by atoms with van der Waals surface area (Å²) >= 11 is 0. The van der Waals surface area contributed by atoms with E-state index >= 15 is 0 Å². The number of ether oxygens (including phenoxy) is 2. The summed E-state index contributed by atoms with van der Waals surface area (Å²) in [5, 5.41) is 4.30. The molecule has 0 aliphatic carbocycles. The van der Waals surface area contributed by atoms with Crippen LogP contribution < -0.4 is 10.4 Å². The van der Waals surface area contributed by atoms with E-state index < -0.39 is 0 Å². The van der Waals surface area contributed by atoms with Crippen LogP contribution in [0.5, 0.6) is 5.75 Å². The first-order valence-electron chi connectivity index (χ1n) is 12.1. The van der Waals surface area contributed by atoms with Crippen molar-refractivity contribution in [3.8, 4) is 16.9 Å². The SMILES string of the molecule is CCc1cc2c(cc1-c1cc(OC)c3ncnn3c1)[nH]c(=O)n2[C@@H]1CCCN(C2CCOC2)C1. The molecule has 2 fully saturated rings. The monoisotopic (exact) mass is 462 g/mol. The van der Waals surface area contributed by atoms with Gasteiger partial charge in [-0.3, -0.25) is 9.47 Å². The fraction of sp³-hybridized carbons (Fsp3) is 0.480. The minimum atomic E-state index is -0.0342. The van der Waals surface area contributed by atoms with Crippen LogP contribution >= 0.6 is 0 Å². The molecule has 0 spiro atoms. The van der Waals surface area contributed by atoms with Crippen LogP contribution in [0.1, 0.15) is 37.8 Å². The number of imidazole rings is 1. The molecule has 1 aromatic carbocycles. The number of nitrogens with one attached hydrogen (secondary N) is 1. The Hall–Kier alpha value is -3.17. The van der Waals surface area contributed by atoms with Gasteiger partial charge >= 0.3 is 5.69 Å². The summed E-state index contributed by atoms with van der Waals surface area (Å²) in [6, 6.07) is 6.90. The molecule has 9 nitrogen and oxygen atoms in total. The minimum Gasteiger partial charge on any atom is -0.493 e. The fourth-order valence-corrected chi connectivity index (χ4v) is 5.67. The maximum Gasteiger partial charge on any atom is 0.326 e. The van der Waals surface area contributed by atoms with Gasteiger partial charge in [-0.15, -0.1) is 0 Å². The van der Waals surface area contributed by atoms with Gasteiger partial charge < -0.3 is 14.5 Å². The van der Waals surface area contributed by atoms with Gasteiger partial charge in [-0.1, -0.05) is 6.92 Å². The van der Waals surface area contributed by atoms with Gasteiger partial charge in [0, 0.05) is 31.0 Å². The highest BCUT2D eigenvalue weighted by Gasteiger charge is 2.30. The van der Waals surface area contributed by atoms with E-state index in [-0.39, 0.29) is 11.7 Å². The Morgan fingerprint density at radius 3 is 2.94 bits per heavy atom. The maximum absolute atomic E-state index is 13.2. The third kappa shape index (κ3) is 3.50. The number of aryl methyl sites for hydroxylation is 1. The summed E-state index contributed by atoms with van der Waals surface area (Å²) in [4.78, 5) is 23.1. The molecule has 9 heteroatoms. The van der Waals surface area contributed by atoms with E-state index in [9.17, 15) is 4.79 Å². The number of pyridine rings is 1. The van der Waals surface area contributed by atoms with E-state index in [0.29, 0.717) is 17.4 Å². The second kappa shape index (κ2) is 8.56. The Labute approximate surface area is 197 Å². The average molecular weight is 463 g/mol. The number of rotatable bonds is 5. The molecule has 1 unspecified atom stereocenters. The Kier molecular flexibility index (Phi) is 5.38. The third-order valence-corrected chi connectivity index (χ3v) is 7.41. The molecule has 2 atom stereocenters. The Bertz CT molecular complexity index is 1400. The van der Waals surface area contributed by atoms with Gasteiger partial charge in [0.05, 0.1) is 30.8 Å². The van der Waals surface area contributed by atoms with Crippen LogP contribution in [0.25, 0.3) is 27.8 Å². The van der Waals surface area contributed by atoms with Crippen molar-refractivity contribution in [2.45, 2.75) is 44.7 Å². The zero-order valence-corrected chi connectivity index (χ0v) is 19.7. The van der Waals surface area contributed by atoms with Crippen LogP contribution in [0, 0.1) is 0 Å². The highest BCUT2D eigenvalue weighted by atomic mass is 16.5. The number of hydrogen-bond donors (Lipinski definition) is 1. The normalized spacial score (nSPS) is 21.6. The van der Waals surface area contributed by atoms with Gasteiger partial charge in [-0.05, 0) is 61.6 Å². The lowest BCUT2D eigenvalue weighted by molar-refractivity contribution is 0.106. The summed E-state index contributed by atoms with van der Waals surface area (Å²) in [7, 11) is 1.64. The zero-order chi connectivity index (χ0) is 23.2. The standard InChI is InChI=1S/C25H30N6O3/c1-3-16-9-22-21(11-20(16)17-10-23(33-2)24-26-15-27-30(24)12-17)28-25(32)31(22)18-5-4-7-29(13-18)19-6-8-34-14-19/h9-12,15,18-19H,3-8,13-14H2,1-2H3,(H,28,32)/t18-,19?/m1/s1. The van der Waals surface area contributed by atoms with Crippen LogP contribution in [-0.4, -0.2) is 68.5 Å². The number of hydrogen-bond acceptors (Lipinski definition) is 6. The first-order valence-corrected chi connectivity index (χ1v) is 12.1. The Balaban J connectivity index is 1.42. The molecule has 2 saturated heterocycles. The van der Waals surface area contributed by atoms with Crippen LogP contribution in [0.15, 0.2) is 35.5 Å². The van der Waals surface area contributed by atoms with E-state index in [1.165, 1.54) is 11.9 Å². The maximum atomic E-state index is 13.2. The first-order chi connectivity index (χ1) is 16.7. The summed E-state index contributed by atoms with van der Waals surface area (Å²) < 4.78 is 14.9. The zero-order valence-electron chi connectivity index (χ0n) is 19.7. The number of benzene rings is 1. The van der Waals surface area contributed by atoms with E-state index in [1.807, 2.05) is 16.8 Å². The summed E-state index contributed by atoms with van der Waals surface area (Å²) in [5.74, 6) is 0.668. The van der Waals surface area contributed by atoms with Gasteiger partial charge in [0.25, 0.3) is 0 Å². The molecule has 5 heterocycles. The lowest BCUT2D eigenvalue weighted by atomic mass is 9.97. The van der Waals surface area contributed by atoms with E-state index in [2.05, 4.69) is 39.0 Å². The summed E-state index contributed by atoms with van der Waals surface area (Å²) in [6.45, 7) is 5.77. The summed E-state index contributed by atoms with van der Waals surface area (Å²) in [5.41, 5.74) is 5.70. The molecule has 0 bridgehead atoms. The van der Waals surface area contributed by atoms with Gasteiger partial charge in [0.2, 0.25) is 0 Å². The first kappa shape index (κ1) is 21.4. The number of piperidine rings is 1. The predicted molar refractivity (Wildman–Crippen MR) is 130 cm³/mol. The molecule has 2 aliphatic rings. The van der Waals surface area contributed by atoms with Crippen molar-refractivity contribution in [3.05, 3.63) is 46.8 Å². The molecule has 6 rings (SSSR count). The van der Waals surface area contributed by atoms with Crippen LogP contribution in [0.4, 0.5) is 0 Å². The number of likely N-dealkylation sites (tertiary alicyclic amines) is 1. The second-order valence-electron chi connectivity index (χ2n) is 9.31. The van der Waals surface area contributed by atoms with Gasteiger partial charge in [0.1, 0.15) is 6.33 Å². The molecule has 2 aliphatic heterocycles. The molecule has 34 heavy (non-hydrogen) atoms. The topological polar surface area (TPSA) is 89.7 Å².